The Bertz CT molecular complexity index is 702. The van der Waals surface area contributed by atoms with Gasteiger partial charge in [-0.1, -0.05) is 18.2 Å². The fourth-order valence-corrected chi connectivity index (χ4v) is 2.94. The lowest BCUT2D eigenvalue weighted by molar-refractivity contribution is 0.0988. The van der Waals surface area contributed by atoms with Crippen molar-refractivity contribution in [2.24, 2.45) is 0 Å². The summed E-state index contributed by atoms with van der Waals surface area (Å²) in [6.45, 7) is 0.561. The fourth-order valence-electron chi connectivity index (χ4n) is 2.50. The Labute approximate surface area is 124 Å². The van der Waals surface area contributed by atoms with E-state index in [-0.39, 0.29) is 10.4 Å². The summed E-state index contributed by atoms with van der Waals surface area (Å²) in [5.41, 5.74) is 8.63. The lowest BCUT2D eigenvalue weighted by Gasteiger charge is -2.19. The minimum atomic E-state index is -0.448. The summed E-state index contributed by atoms with van der Waals surface area (Å²) in [5.74, 6) is -0.690. The highest BCUT2D eigenvalue weighted by Crippen LogP contribution is 2.35. The van der Waals surface area contributed by atoms with Crippen molar-refractivity contribution >= 4 is 33.2 Å². The molecule has 2 N–H and O–H groups in total. The molecule has 0 radical (unpaired) electrons. The number of rotatable bonds is 1. The molecule has 3 nitrogen and oxygen atoms in total. The number of nitrogens with zero attached hydrogens (tertiary/aromatic N) is 1. The zero-order chi connectivity index (χ0) is 14.3. The first kappa shape index (κ1) is 13.1. The minimum Gasteiger partial charge on any atom is -0.397 e. The Kier molecular flexibility index (Phi) is 3.22. The van der Waals surface area contributed by atoms with Gasteiger partial charge in [-0.05, 0) is 46.1 Å². The van der Waals surface area contributed by atoms with E-state index in [1.807, 2.05) is 12.1 Å². The quantitative estimate of drug-likeness (QED) is 0.812. The molecule has 5 heteroatoms. The Hall–Kier alpha value is -1.88. The van der Waals surface area contributed by atoms with Crippen molar-refractivity contribution < 1.29 is 9.18 Å². The monoisotopic (exact) mass is 334 g/mol. The zero-order valence-corrected chi connectivity index (χ0v) is 12.2. The average molecular weight is 335 g/mol. The van der Waals surface area contributed by atoms with Crippen LogP contribution in [0.2, 0.25) is 0 Å². The molecule has 1 amide bonds. The van der Waals surface area contributed by atoms with Crippen LogP contribution >= 0.6 is 15.9 Å². The summed E-state index contributed by atoms with van der Waals surface area (Å²) in [7, 11) is 0. The first-order chi connectivity index (χ1) is 9.59. The Morgan fingerprint density at radius 3 is 2.80 bits per heavy atom. The van der Waals surface area contributed by atoms with E-state index >= 15 is 0 Å². The van der Waals surface area contributed by atoms with Crippen molar-refractivity contribution in [1.82, 2.24) is 0 Å². The third-order valence-corrected chi connectivity index (χ3v) is 4.26. The topological polar surface area (TPSA) is 46.3 Å². The highest BCUT2D eigenvalue weighted by Gasteiger charge is 2.28. The van der Waals surface area contributed by atoms with Crippen LogP contribution in [0.1, 0.15) is 15.9 Å². The molecule has 102 valence electrons. The molecule has 1 aliphatic rings. The summed E-state index contributed by atoms with van der Waals surface area (Å²) in [5, 5.41) is 0. The van der Waals surface area contributed by atoms with Crippen molar-refractivity contribution in [1.29, 1.82) is 0 Å². The van der Waals surface area contributed by atoms with Gasteiger partial charge in [0.15, 0.2) is 0 Å². The highest BCUT2D eigenvalue weighted by atomic mass is 79.9. The maximum absolute atomic E-state index is 13.6. The van der Waals surface area contributed by atoms with Gasteiger partial charge in [0.1, 0.15) is 5.82 Å². The van der Waals surface area contributed by atoms with Gasteiger partial charge in [0.2, 0.25) is 0 Å². The number of nitrogen functional groups attached to an aromatic ring is 1. The zero-order valence-electron chi connectivity index (χ0n) is 10.6. The van der Waals surface area contributed by atoms with E-state index in [1.165, 1.54) is 12.1 Å². The van der Waals surface area contributed by atoms with Crippen molar-refractivity contribution in [2.75, 3.05) is 17.2 Å². The number of para-hydroxylation sites is 1. The summed E-state index contributed by atoms with van der Waals surface area (Å²) in [6, 6.07) is 10.0. The second kappa shape index (κ2) is 4.90. The normalized spacial score (nSPS) is 13.4. The number of carbonyl (C=O) groups excluding carboxylic acids is 1. The first-order valence-corrected chi connectivity index (χ1v) is 7.02. The van der Waals surface area contributed by atoms with Crippen molar-refractivity contribution in [2.45, 2.75) is 6.42 Å². The third-order valence-electron chi connectivity index (χ3n) is 3.45. The smallest absolute Gasteiger partial charge is 0.259 e. The summed E-state index contributed by atoms with van der Waals surface area (Å²) >= 11 is 3.13. The van der Waals surface area contributed by atoms with E-state index in [4.69, 9.17) is 5.73 Å². The number of nitrogens with two attached hydrogens (primary N) is 1. The number of halogens is 2. The molecular formula is C15H12BrFN2O. The van der Waals surface area contributed by atoms with Crippen LogP contribution in [0.15, 0.2) is 40.9 Å². The van der Waals surface area contributed by atoms with E-state index in [0.717, 1.165) is 17.7 Å². The van der Waals surface area contributed by atoms with E-state index < -0.39 is 5.82 Å². The van der Waals surface area contributed by atoms with Gasteiger partial charge in [-0.15, -0.1) is 0 Å². The second-order valence-electron chi connectivity index (χ2n) is 4.66. The lowest BCUT2D eigenvalue weighted by atomic mass is 10.1. The van der Waals surface area contributed by atoms with Gasteiger partial charge in [0, 0.05) is 6.54 Å². The van der Waals surface area contributed by atoms with Crippen LogP contribution in [0.5, 0.6) is 0 Å². The molecule has 1 aliphatic heterocycles. The third kappa shape index (κ3) is 1.98. The Morgan fingerprint density at radius 2 is 2.00 bits per heavy atom. The molecule has 1 heterocycles. The van der Waals surface area contributed by atoms with E-state index in [0.29, 0.717) is 17.8 Å². The molecule has 0 atom stereocenters. The molecule has 0 saturated carbocycles. The Balaban J connectivity index is 2.04. The largest absolute Gasteiger partial charge is 0.397 e. The van der Waals surface area contributed by atoms with Crippen LogP contribution in [0, 0.1) is 5.82 Å². The van der Waals surface area contributed by atoms with E-state index in [9.17, 15) is 9.18 Å². The first-order valence-electron chi connectivity index (χ1n) is 6.23. The van der Waals surface area contributed by atoms with Gasteiger partial charge in [0.25, 0.3) is 5.91 Å². The van der Waals surface area contributed by atoms with Gasteiger partial charge in [0.05, 0.1) is 21.4 Å². The van der Waals surface area contributed by atoms with E-state index in [1.54, 1.807) is 17.0 Å². The number of fused-ring (bicyclic) bond motifs is 1. The summed E-state index contributed by atoms with van der Waals surface area (Å²) < 4.78 is 13.7. The number of hydrogen-bond donors (Lipinski definition) is 1. The molecule has 20 heavy (non-hydrogen) atoms. The Morgan fingerprint density at radius 1 is 1.25 bits per heavy atom. The van der Waals surface area contributed by atoms with Crippen LogP contribution in [-0.2, 0) is 6.42 Å². The SMILES string of the molecule is Nc1cccc2c1N(C(=O)c1cccc(F)c1Br)CC2. The lowest BCUT2D eigenvalue weighted by Crippen LogP contribution is -2.29. The molecule has 0 aromatic heterocycles. The molecule has 2 aromatic carbocycles. The molecular weight excluding hydrogens is 323 g/mol. The highest BCUT2D eigenvalue weighted by molar-refractivity contribution is 9.10. The standard InChI is InChI=1S/C15H12BrFN2O/c16-13-10(4-2-5-11(13)17)15(20)19-8-7-9-3-1-6-12(18)14(9)19/h1-6H,7-8,18H2. The van der Waals surface area contributed by atoms with Crippen molar-refractivity contribution in [3.8, 4) is 0 Å². The average Bonchev–Trinajstić information content (AvgIpc) is 2.86. The number of hydrogen-bond acceptors (Lipinski definition) is 2. The number of anilines is 2. The van der Waals surface area contributed by atoms with Crippen LogP contribution in [0.4, 0.5) is 15.8 Å². The molecule has 0 spiro atoms. The van der Waals surface area contributed by atoms with Crippen LogP contribution in [0.25, 0.3) is 0 Å². The molecule has 0 bridgehead atoms. The van der Waals surface area contributed by atoms with Gasteiger partial charge in [-0.3, -0.25) is 4.79 Å². The van der Waals surface area contributed by atoms with Crippen molar-refractivity contribution in [3.05, 3.63) is 57.8 Å². The van der Waals surface area contributed by atoms with Gasteiger partial charge < -0.3 is 10.6 Å². The van der Waals surface area contributed by atoms with Crippen LogP contribution < -0.4 is 10.6 Å². The number of amides is 1. The molecule has 0 fully saturated rings. The van der Waals surface area contributed by atoms with Gasteiger partial charge in [-0.2, -0.15) is 0 Å². The molecule has 0 unspecified atom stereocenters. The van der Waals surface area contributed by atoms with Gasteiger partial charge >= 0.3 is 0 Å². The predicted octanol–water partition coefficient (Wildman–Crippen LogP) is 3.37. The second-order valence-corrected chi connectivity index (χ2v) is 5.46. The fraction of sp³-hybridized carbons (Fsp3) is 0.133. The van der Waals surface area contributed by atoms with E-state index in [2.05, 4.69) is 15.9 Å². The maximum Gasteiger partial charge on any atom is 0.259 e. The molecule has 0 aliphatic carbocycles. The number of benzene rings is 2. The van der Waals surface area contributed by atoms with Crippen LogP contribution in [-0.4, -0.2) is 12.5 Å². The number of carbonyl (C=O) groups is 1. The minimum absolute atomic E-state index is 0.188. The maximum atomic E-state index is 13.6. The van der Waals surface area contributed by atoms with Crippen molar-refractivity contribution in [3.63, 3.8) is 0 Å². The molecule has 0 saturated heterocycles. The molecule has 2 aromatic rings. The molecule has 3 rings (SSSR count). The summed E-state index contributed by atoms with van der Waals surface area (Å²) in [4.78, 5) is 14.2. The van der Waals surface area contributed by atoms with Crippen LogP contribution in [0.3, 0.4) is 0 Å². The predicted molar refractivity (Wildman–Crippen MR) is 80.3 cm³/mol. The van der Waals surface area contributed by atoms with Gasteiger partial charge in [-0.25, -0.2) is 4.39 Å². The summed E-state index contributed by atoms with van der Waals surface area (Å²) in [6.07, 6.45) is 0.763.